The molecule has 3 heterocycles. The third-order valence-corrected chi connectivity index (χ3v) is 5.80. The highest BCUT2D eigenvalue weighted by Crippen LogP contribution is 2.46. The summed E-state index contributed by atoms with van der Waals surface area (Å²) >= 11 is 0. The second-order valence-electron chi connectivity index (χ2n) is 7.83. The summed E-state index contributed by atoms with van der Waals surface area (Å²) in [5, 5.41) is 32.4. The predicted molar refractivity (Wildman–Crippen MR) is 124 cm³/mol. The summed E-state index contributed by atoms with van der Waals surface area (Å²) in [6.45, 7) is 0.221. The van der Waals surface area contributed by atoms with E-state index in [1.807, 2.05) is 42.5 Å². The lowest BCUT2D eigenvalue weighted by Crippen LogP contribution is -2.21. The van der Waals surface area contributed by atoms with Gasteiger partial charge in [0, 0.05) is 5.56 Å². The lowest BCUT2D eigenvalue weighted by molar-refractivity contribution is -0.385. The Bertz CT molecular complexity index is 1500. The Morgan fingerprint density at radius 2 is 2.11 bits per heavy atom. The number of H-pyrrole nitrogens is 1. The Hall–Kier alpha value is -5.11. The Morgan fingerprint density at radius 1 is 1.31 bits per heavy atom. The summed E-state index contributed by atoms with van der Waals surface area (Å²) in [4.78, 5) is 10.5. The molecular weight excluding hydrogens is 450 g/mol. The van der Waals surface area contributed by atoms with E-state index in [1.54, 1.807) is 13.2 Å². The minimum atomic E-state index is -0.561. The van der Waals surface area contributed by atoms with Crippen molar-refractivity contribution in [1.29, 1.82) is 5.26 Å². The molecule has 3 N–H and O–H groups in total. The van der Waals surface area contributed by atoms with Gasteiger partial charge in [-0.05, 0) is 23.3 Å². The fourth-order valence-corrected chi connectivity index (χ4v) is 4.21. The number of benzene rings is 2. The number of nitriles is 1. The van der Waals surface area contributed by atoms with Gasteiger partial charge < -0.3 is 15.2 Å². The molecule has 1 aliphatic rings. The number of hydrogen-bond acceptors (Lipinski definition) is 8. The van der Waals surface area contributed by atoms with Gasteiger partial charge >= 0.3 is 5.69 Å². The van der Waals surface area contributed by atoms with Crippen molar-refractivity contribution >= 4 is 5.69 Å². The predicted octanol–water partition coefficient (Wildman–Crippen LogP) is 3.46. The molecule has 0 radical (unpaired) electrons. The van der Waals surface area contributed by atoms with Crippen LogP contribution in [0.4, 0.5) is 5.69 Å². The monoisotopic (exact) mass is 469 g/mol. The third kappa shape index (κ3) is 3.83. The van der Waals surface area contributed by atoms with Gasteiger partial charge in [-0.2, -0.15) is 10.4 Å². The molecule has 0 bridgehead atoms. The number of allylic oxidation sites excluding steroid dienone is 1. The zero-order valence-electron chi connectivity index (χ0n) is 18.5. The molecule has 0 aliphatic carbocycles. The van der Waals surface area contributed by atoms with Crippen molar-refractivity contribution in [3.8, 4) is 29.0 Å². The molecule has 11 nitrogen and oxygen atoms in total. The van der Waals surface area contributed by atoms with Gasteiger partial charge in [0.2, 0.25) is 11.8 Å². The van der Waals surface area contributed by atoms with E-state index in [4.69, 9.17) is 15.2 Å². The van der Waals surface area contributed by atoms with Crippen molar-refractivity contribution in [2.24, 2.45) is 5.73 Å². The van der Waals surface area contributed by atoms with Crippen LogP contribution in [0.2, 0.25) is 0 Å². The highest BCUT2D eigenvalue weighted by molar-refractivity contribution is 5.71. The lowest BCUT2D eigenvalue weighted by Gasteiger charge is -2.25. The second kappa shape index (κ2) is 8.68. The van der Waals surface area contributed by atoms with Gasteiger partial charge in [0.05, 0.1) is 35.8 Å². The highest BCUT2D eigenvalue weighted by atomic mass is 16.6. The molecule has 174 valence electrons. The minimum absolute atomic E-state index is 0.0174. The van der Waals surface area contributed by atoms with Crippen LogP contribution < -0.4 is 15.2 Å². The van der Waals surface area contributed by atoms with E-state index in [9.17, 15) is 15.4 Å². The average molecular weight is 469 g/mol. The Labute approximate surface area is 199 Å². The van der Waals surface area contributed by atoms with Gasteiger partial charge in [0.1, 0.15) is 29.8 Å². The van der Waals surface area contributed by atoms with Crippen molar-refractivity contribution in [2.75, 3.05) is 7.11 Å². The van der Waals surface area contributed by atoms with E-state index in [1.165, 1.54) is 17.1 Å². The number of rotatable bonds is 6. The van der Waals surface area contributed by atoms with E-state index < -0.39 is 10.8 Å². The maximum absolute atomic E-state index is 11.0. The maximum Gasteiger partial charge on any atom is 0.307 e. The molecule has 0 saturated heterocycles. The maximum atomic E-state index is 11.0. The molecule has 2 aromatic heterocycles. The van der Waals surface area contributed by atoms with E-state index in [2.05, 4.69) is 21.4 Å². The quantitative estimate of drug-likeness (QED) is 0.321. The summed E-state index contributed by atoms with van der Waals surface area (Å²) in [5.74, 6) is 0.293. The zero-order valence-corrected chi connectivity index (χ0v) is 18.5. The van der Waals surface area contributed by atoms with Crippen molar-refractivity contribution in [3.05, 3.63) is 99.2 Å². The molecule has 1 aliphatic heterocycles. The molecule has 1 unspecified atom stereocenters. The first kappa shape index (κ1) is 21.7. The van der Waals surface area contributed by atoms with Crippen LogP contribution in [-0.2, 0) is 6.54 Å². The molecule has 35 heavy (non-hydrogen) atoms. The van der Waals surface area contributed by atoms with Gasteiger partial charge in [-0.15, -0.1) is 5.10 Å². The zero-order chi connectivity index (χ0) is 24.5. The van der Waals surface area contributed by atoms with Gasteiger partial charge in [-0.1, -0.05) is 36.4 Å². The molecule has 0 spiro atoms. The second-order valence-corrected chi connectivity index (χ2v) is 7.83. The first-order chi connectivity index (χ1) is 17.0. The van der Waals surface area contributed by atoms with Crippen LogP contribution in [0.15, 0.2) is 72.4 Å². The van der Waals surface area contributed by atoms with Gasteiger partial charge in [-0.25, -0.2) is 0 Å². The number of aromatic amines is 1. The lowest BCUT2D eigenvalue weighted by atomic mass is 9.82. The van der Waals surface area contributed by atoms with E-state index in [-0.39, 0.29) is 23.7 Å². The standard InChI is InChI=1S/C24H19N7O4/c1-34-19-8-7-15(9-16(19)12-30-13-17(11-27-30)31(32)33)20-18(10-25)23(26)35-24-21(20)22(28-29-24)14-5-3-2-4-6-14/h2-9,11,13,20H,12,26H2,1H3,(H,28,29). The van der Waals surface area contributed by atoms with Crippen LogP contribution in [0, 0.1) is 21.4 Å². The van der Waals surface area contributed by atoms with Crippen molar-refractivity contribution in [2.45, 2.75) is 12.5 Å². The third-order valence-electron chi connectivity index (χ3n) is 5.80. The molecule has 11 heteroatoms. The number of nitro groups is 1. The SMILES string of the molecule is COc1ccc(C2C(C#N)=C(N)Oc3n[nH]c(-c4ccccc4)c32)cc1Cn1cc([N+](=O)[O-])cn1. The molecule has 0 amide bonds. The van der Waals surface area contributed by atoms with Gasteiger partial charge in [-0.3, -0.25) is 19.9 Å². The summed E-state index contributed by atoms with van der Waals surface area (Å²) in [6, 6.07) is 17.3. The largest absolute Gasteiger partial charge is 0.496 e. The fourth-order valence-electron chi connectivity index (χ4n) is 4.21. The number of methoxy groups -OCH3 is 1. The number of aromatic nitrogens is 4. The van der Waals surface area contributed by atoms with Gasteiger partial charge in [0.15, 0.2) is 0 Å². The van der Waals surface area contributed by atoms with Crippen LogP contribution in [0.25, 0.3) is 11.3 Å². The fraction of sp³-hybridized carbons (Fsp3) is 0.125. The van der Waals surface area contributed by atoms with Gasteiger partial charge in [0.25, 0.3) is 0 Å². The Balaban J connectivity index is 1.63. The first-order valence-electron chi connectivity index (χ1n) is 10.5. The number of nitrogens with two attached hydrogens (primary N) is 1. The molecule has 2 aromatic carbocycles. The molecule has 1 atom stereocenters. The molecule has 0 fully saturated rings. The van der Waals surface area contributed by atoms with E-state index in [0.29, 0.717) is 22.9 Å². The number of hydrogen-bond donors (Lipinski definition) is 2. The number of nitrogens with one attached hydrogen (secondary N) is 1. The summed E-state index contributed by atoms with van der Waals surface area (Å²) in [5.41, 5.74) is 10.0. The van der Waals surface area contributed by atoms with Crippen molar-refractivity contribution in [1.82, 2.24) is 20.0 Å². The van der Waals surface area contributed by atoms with Crippen LogP contribution in [-0.4, -0.2) is 32.0 Å². The summed E-state index contributed by atoms with van der Waals surface area (Å²) < 4.78 is 12.6. The van der Waals surface area contributed by atoms with Crippen molar-refractivity contribution < 1.29 is 14.4 Å². The van der Waals surface area contributed by atoms with E-state index >= 15 is 0 Å². The highest BCUT2D eigenvalue weighted by Gasteiger charge is 2.36. The topological polar surface area (TPSA) is 158 Å². The number of nitrogens with zero attached hydrogens (tertiary/aromatic N) is 5. The molecular formula is C24H19N7O4. The average Bonchev–Trinajstić information content (AvgIpc) is 3.51. The summed E-state index contributed by atoms with van der Waals surface area (Å²) in [6.07, 6.45) is 2.54. The number of fused-ring (bicyclic) bond motifs is 1. The van der Waals surface area contributed by atoms with E-state index in [0.717, 1.165) is 16.7 Å². The molecule has 4 aromatic rings. The van der Waals surface area contributed by atoms with Crippen LogP contribution in [0.5, 0.6) is 11.6 Å². The van der Waals surface area contributed by atoms with Crippen molar-refractivity contribution in [3.63, 3.8) is 0 Å². The molecule has 0 saturated carbocycles. The minimum Gasteiger partial charge on any atom is -0.496 e. The van der Waals surface area contributed by atoms with Crippen LogP contribution >= 0.6 is 0 Å². The normalized spacial score (nSPS) is 14.7. The van der Waals surface area contributed by atoms with Crippen LogP contribution in [0.3, 0.4) is 0 Å². The summed E-state index contributed by atoms with van der Waals surface area (Å²) in [7, 11) is 1.54. The first-order valence-corrected chi connectivity index (χ1v) is 10.5. The Kier molecular flexibility index (Phi) is 5.39. The number of ether oxygens (including phenoxy) is 2. The molecule has 5 rings (SSSR count). The van der Waals surface area contributed by atoms with Crippen LogP contribution in [0.1, 0.15) is 22.6 Å². The smallest absolute Gasteiger partial charge is 0.307 e. The Morgan fingerprint density at radius 3 is 2.80 bits per heavy atom.